The molecule has 5 aliphatic heterocycles. The molecule has 0 radical (unpaired) electrons. The number of aliphatic hydroxyl groups excluding tert-OH is 21. The predicted molar refractivity (Wildman–Crippen MR) is 201 cm³/mol. The number of hydrogen-bond acceptors (Lipinski definition) is 31. The maximum absolute atomic E-state index is 10.9. The van der Waals surface area contributed by atoms with Gasteiger partial charge in [0.2, 0.25) is 0 Å². The molecule has 0 saturated carbocycles. The highest BCUT2D eigenvalue weighted by molar-refractivity contribution is 4.99. The van der Waals surface area contributed by atoms with Gasteiger partial charge in [0.25, 0.3) is 0 Å². The molecule has 67 heavy (non-hydrogen) atoms. The largest absolute Gasteiger partial charge is 0.394 e. The topological polar surface area (TPSA) is 517 Å². The molecule has 5 saturated heterocycles. The minimum Gasteiger partial charge on any atom is -0.394 e. The SMILES string of the molecule is OC[C@@H](O)[C@@H](O)[C@H](O)[C@H](O)CO[C@@H]1O[C@@H]([C@@H](CO)O[C@@H]2O[C@@H]([C@@H](CO)O[C@@H]3O[C@@H]([C@@H](CO)O[C@@H]4O[C@@H]([C@@H](CO)O[C@@H]5O[C@@H]([C@H](O)CO)[C@H](O)[C@H]5O)[C@H](O)[C@H]4O)[C@H](O)[C@H]3O)[C@H](O)[C@H]2O)[C@H](O)[C@H]1O. The van der Waals surface area contributed by atoms with Gasteiger partial charge in [-0.15, -0.1) is 0 Å². The minimum atomic E-state index is -2.05. The van der Waals surface area contributed by atoms with E-state index >= 15 is 0 Å². The second-order valence-electron chi connectivity index (χ2n) is 16.6. The van der Waals surface area contributed by atoms with Crippen LogP contribution < -0.4 is 0 Å². The average Bonchev–Trinajstić information content (AvgIpc) is 4.05. The third-order valence-electron chi connectivity index (χ3n) is 12.0. The lowest BCUT2D eigenvalue weighted by atomic mass is 10.0. The Balaban J connectivity index is 1.16. The van der Waals surface area contributed by atoms with Crippen LogP contribution in [0.4, 0.5) is 0 Å². The van der Waals surface area contributed by atoms with E-state index in [0.29, 0.717) is 0 Å². The fourth-order valence-electron chi connectivity index (χ4n) is 8.04. The molecule has 21 N–H and O–H groups in total. The second-order valence-corrected chi connectivity index (χ2v) is 16.6. The molecule has 0 unspecified atom stereocenters. The van der Waals surface area contributed by atoms with E-state index in [4.69, 9.17) is 52.5 Å². The van der Waals surface area contributed by atoms with Crippen molar-refractivity contribution in [2.45, 2.75) is 178 Å². The molecule has 0 amide bonds. The van der Waals surface area contributed by atoms with E-state index in [2.05, 4.69) is 0 Å². The van der Waals surface area contributed by atoms with Crippen LogP contribution in [0.3, 0.4) is 0 Å². The average molecular weight is 993 g/mol. The molecule has 5 fully saturated rings. The Morgan fingerprint density at radius 3 is 0.881 bits per heavy atom. The van der Waals surface area contributed by atoms with E-state index in [1.54, 1.807) is 0 Å². The Hall–Kier alpha value is -1.24. The van der Waals surface area contributed by atoms with Crippen LogP contribution >= 0.6 is 0 Å². The van der Waals surface area contributed by atoms with E-state index in [9.17, 15) is 102 Å². The van der Waals surface area contributed by atoms with Crippen molar-refractivity contribution in [2.24, 2.45) is 0 Å². The van der Waals surface area contributed by atoms with Crippen LogP contribution in [0.2, 0.25) is 0 Å². The maximum Gasteiger partial charge on any atom is 0.187 e. The molecule has 31 heteroatoms. The summed E-state index contributed by atoms with van der Waals surface area (Å²) in [6.07, 6.45) is -52.8. The lowest BCUT2D eigenvalue weighted by Crippen LogP contribution is -2.48. The van der Waals surface area contributed by atoms with E-state index in [1.807, 2.05) is 0 Å². The molecule has 31 nitrogen and oxygen atoms in total. The Bertz CT molecular complexity index is 1460. The summed E-state index contributed by atoms with van der Waals surface area (Å²) in [6.45, 7) is -6.70. The molecule has 0 aromatic heterocycles. The lowest BCUT2D eigenvalue weighted by Gasteiger charge is -2.30. The highest BCUT2D eigenvalue weighted by Crippen LogP contribution is 2.36. The van der Waals surface area contributed by atoms with Crippen molar-refractivity contribution >= 4 is 0 Å². The molecule has 394 valence electrons. The zero-order valence-corrected chi connectivity index (χ0v) is 35.2. The molecule has 0 aromatic carbocycles. The van der Waals surface area contributed by atoms with Crippen LogP contribution in [0.25, 0.3) is 0 Å². The summed E-state index contributed by atoms with van der Waals surface area (Å²) in [6, 6.07) is 0. The van der Waals surface area contributed by atoms with Gasteiger partial charge in [0, 0.05) is 0 Å². The van der Waals surface area contributed by atoms with Gasteiger partial charge in [-0.2, -0.15) is 0 Å². The first-order chi connectivity index (χ1) is 31.7. The molecular formula is C36H64O31. The standard InChI is InChI=1S/C36H64O31/c37-1-8(43)15(46)16(47)10(45)7-58-32-22(53)18(49)28(64-32)11(3-39)60-34-24(55)20(51)30(66-34)13(5-41)62-36-26(57)21(52)31(67-36)14(6-42)61-35-25(56)19(50)29(65-35)12(4-40)59-33-23(54)17(48)27(63-33)9(44)2-38/h8-57H,1-7H2/t8-,9-,10-,11-,12-,13-,14-,15-,16-,17-,18-,19-,20-,21-,22-,23-,24-,25-,26-,27+,28+,29+,30+,31+,32-,33-,34-,35-,36-/m1/s1. The zero-order chi connectivity index (χ0) is 49.8. The van der Waals surface area contributed by atoms with Crippen molar-refractivity contribution in [1.29, 1.82) is 0 Å². The zero-order valence-electron chi connectivity index (χ0n) is 35.2. The molecule has 0 aliphatic carbocycles. The van der Waals surface area contributed by atoms with Gasteiger partial charge < -0.3 is 155 Å². The van der Waals surface area contributed by atoms with Gasteiger partial charge >= 0.3 is 0 Å². The fourth-order valence-corrected chi connectivity index (χ4v) is 8.04. The van der Waals surface area contributed by atoms with E-state index in [1.165, 1.54) is 0 Å². The van der Waals surface area contributed by atoms with Crippen LogP contribution in [-0.2, 0) is 47.4 Å². The van der Waals surface area contributed by atoms with Gasteiger partial charge in [-0.1, -0.05) is 0 Å². The van der Waals surface area contributed by atoms with Crippen LogP contribution in [0.1, 0.15) is 0 Å². The Kier molecular flexibility index (Phi) is 21.1. The van der Waals surface area contributed by atoms with E-state index < -0.39 is 224 Å². The third-order valence-corrected chi connectivity index (χ3v) is 12.0. The Morgan fingerprint density at radius 1 is 0.313 bits per heavy atom. The molecule has 5 heterocycles. The number of aliphatic hydroxyl groups is 21. The smallest absolute Gasteiger partial charge is 0.187 e. The highest BCUT2D eigenvalue weighted by Gasteiger charge is 2.57. The molecule has 29 atom stereocenters. The van der Waals surface area contributed by atoms with Crippen LogP contribution in [0.5, 0.6) is 0 Å². The molecular weight excluding hydrogens is 928 g/mol. The molecule has 0 bridgehead atoms. The van der Waals surface area contributed by atoms with Crippen molar-refractivity contribution < 1.29 is 155 Å². The van der Waals surface area contributed by atoms with Gasteiger partial charge in [-0.3, -0.25) is 0 Å². The number of rotatable bonds is 25. The fraction of sp³-hybridized carbons (Fsp3) is 1.00. The first-order valence-corrected chi connectivity index (χ1v) is 21.1. The lowest BCUT2D eigenvalue weighted by molar-refractivity contribution is -0.273. The summed E-state index contributed by atoms with van der Waals surface area (Å²) >= 11 is 0. The van der Waals surface area contributed by atoms with Crippen LogP contribution in [0, 0.1) is 0 Å². The maximum atomic E-state index is 10.9. The van der Waals surface area contributed by atoms with Gasteiger partial charge in [-0.05, 0) is 0 Å². The minimum absolute atomic E-state index is 0.859. The summed E-state index contributed by atoms with van der Waals surface area (Å²) in [5.41, 5.74) is 0. The number of hydrogen-bond donors (Lipinski definition) is 21. The quantitative estimate of drug-likeness (QED) is 0.0404. The summed E-state index contributed by atoms with van der Waals surface area (Å²) < 4.78 is 54.9. The Labute approximate surface area is 378 Å². The summed E-state index contributed by atoms with van der Waals surface area (Å²) in [4.78, 5) is 0. The first-order valence-electron chi connectivity index (χ1n) is 21.1. The van der Waals surface area contributed by atoms with Gasteiger partial charge in [0.05, 0.1) is 46.2 Å². The van der Waals surface area contributed by atoms with Crippen molar-refractivity contribution in [2.75, 3.05) is 46.2 Å². The van der Waals surface area contributed by atoms with Gasteiger partial charge in [0.1, 0.15) is 146 Å². The van der Waals surface area contributed by atoms with E-state index in [-0.39, 0.29) is 0 Å². The van der Waals surface area contributed by atoms with Crippen molar-refractivity contribution in [3.63, 3.8) is 0 Å². The summed E-state index contributed by atoms with van der Waals surface area (Å²) in [7, 11) is 0. The van der Waals surface area contributed by atoms with Gasteiger partial charge in [0.15, 0.2) is 31.5 Å². The number of ether oxygens (including phenoxy) is 10. The van der Waals surface area contributed by atoms with Crippen molar-refractivity contribution in [3.05, 3.63) is 0 Å². The first kappa shape index (κ1) is 56.7. The summed E-state index contributed by atoms with van der Waals surface area (Å²) in [5, 5.41) is 215. The van der Waals surface area contributed by atoms with Crippen molar-refractivity contribution in [1.82, 2.24) is 0 Å². The van der Waals surface area contributed by atoms with Crippen molar-refractivity contribution in [3.8, 4) is 0 Å². The molecule has 0 aromatic rings. The Morgan fingerprint density at radius 2 is 0.582 bits per heavy atom. The molecule has 0 spiro atoms. The normalized spacial score (nSPS) is 44.4. The monoisotopic (exact) mass is 992 g/mol. The van der Waals surface area contributed by atoms with E-state index in [0.717, 1.165) is 0 Å². The van der Waals surface area contributed by atoms with Gasteiger partial charge in [-0.25, -0.2) is 0 Å². The second kappa shape index (κ2) is 24.9. The van der Waals surface area contributed by atoms with Crippen LogP contribution in [-0.4, -0.2) is 331 Å². The van der Waals surface area contributed by atoms with Crippen LogP contribution in [0.15, 0.2) is 0 Å². The third kappa shape index (κ3) is 12.3. The summed E-state index contributed by atoms with van der Waals surface area (Å²) in [5.74, 6) is 0. The highest BCUT2D eigenvalue weighted by atomic mass is 16.8. The predicted octanol–water partition coefficient (Wildman–Crippen LogP) is -14.5. The molecule has 5 rings (SSSR count). The molecule has 5 aliphatic rings.